The number of carbonyl (C=O) groups excluding carboxylic acids is 1. The van der Waals surface area contributed by atoms with Crippen LogP contribution in [0.15, 0.2) is 36.4 Å². The van der Waals surface area contributed by atoms with Crippen LogP contribution >= 0.6 is 0 Å². The van der Waals surface area contributed by atoms with Crippen molar-refractivity contribution in [2.45, 2.75) is 39.7 Å². The van der Waals surface area contributed by atoms with Gasteiger partial charge in [-0.1, -0.05) is 32.0 Å². The van der Waals surface area contributed by atoms with Crippen LogP contribution in [0.1, 0.15) is 37.8 Å². The van der Waals surface area contributed by atoms with Crippen LogP contribution in [-0.4, -0.2) is 12.0 Å². The summed E-state index contributed by atoms with van der Waals surface area (Å²) in [6.07, 6.45) is -0.852. The Labute approximate surface area is 140 Å². The van der Waals surface area contributed by atoms with Crippen molar-refractivity contribution < 1.29 is 18.3 Å². The van der Waals surface area contributed by atoms with Crippen molar-refractivity contribution in [3.05, 3.63) is 59.2 Å². The molecular formula is C19H21F2NO2. The molecule has 2 aromatic carbocycles. The van der Waals surface area contributed by atoms with Crippen molar-refractivity contribution in [1.82, 2.24) is 0 Å². The van der Waals surface area contributed by atoms with Gasteiger partial charge in [0.15, 0.2) is 17.7 Å². The van der Waals surface area contributed by atoms with Gasteiger partial charge in [-0.25, -0.2) is 8.78 Å². The maximum atomic E-state index is 13.2. The van der Waals surface area contributed by atoms with E-state index in [-0.39, 0.29) is 17.6 Å². The molecule has 128 valence electrons. The molecule has 24 heavy (non-hydrogen) atoms. The Kier molecular flexibility index (Phi) is 5.54. The lowest BCUT2D eigenvalue weighted by Gasteiger charge is -2.19. The zero-order valence-corrected chi connectivity index (χ0v) is 14.2. The lowest BCUT2D eigenvalue weighted by molar-refractivity contribution is -0.122. The highest BCUT2D eigenvalue weighted by Crippen LogP contribution is 2.27. The summed E-state index contributed by atoms with van der Waals surface area (Å²) in [7, 11) is 0. The molecule has 0 saturated heterocycles. The Morgan fingerprint density at radius 1 is 1.08 bits per heavy atom. The summed E-state index contributed by atoms with van der Waals surface area (Å²) in [5.41, 5.74) is 2.75. The number of carbonyl (C=O) groups is 1. The fraction of sp³-hybridized carbons (Fsp3) is 0.316. The van der Waals surface area contributed by atoms with Gasteiger partial charge in [0.05, 0.1) is 0 Å². The van der Waals surface area contributed by atoms with Crippen molar-refractivity contribution in [2.75, 3.05) is 5.32 Å². The van der Waals surface area contributed by atoms with E-state index in [1.165, 1.54) is 6.07 Å². The van der Waals surface area contributed by atoms with Gasteiger partial charge in [-0.3, -0.25) is 4.79 Å². The van der Waals surface area contributed by atoms with Crippen molar-refractivity contribution in [2.24, 2.45) is 0 Å². The number of nitrogens with one attached hydrogen (secondary N) is 1. The molecule has 0 bridgehead atoms. The molecule has 0 radical (unpaired) electrons. The number of aryl methyl sites for hydroxylation is 1. The van der Waals surface area contributed by atoms with Gasteiger partial charge in [0.1, 0.15) is 5.75 Å². The van der Waals surface area contributed by atoms with Gasteiger partial charge in [0, 0.05) is 11.8 Å². The van der Waals surface area contributed by atoms with Crippen LogP contribution in [0.4, 0.5) is 14.5 Å². The third-order valence-corrected chi connectivity index (χ3v) is 3.75. The second kappa shape index (κ2) is 7.43. The maximum Gasteiger partial charge on any atom is 0.265 e. The van der Waals surface area contributed by atoms with Crippen molar-refractivity contribution >= 4 is 11.6 Å². The Morgan fingerprint density at radius 2 is 1.79 bits per heavy atom. The molecule has 0 spiro atoms. The summed E-state index contributed by atoms with van der Waals surface area (Å²) >= 11 is 0. The van der Waals surface area contributed by atoms with Gasteiger partial charge in [0.25, 0.3) is 5.91 Å². The van der Waals surface area contributed by atoms with Crippen molar-refractivity contribution in [3.63, 3.8) is 0 Å². The largest absolute Gasteiger partial charge is 0.481 e. The highest BCUT2D eigenvalue weighted by atomic mass is 19.2. The third kappa shape index (κ3) is 4.10. The fourth-order valence-electron chi connectivity index (χ4n) is 2.37. The summed E-state index contributed by atoms with van der Waals surface area (Å²) in [6.45, 7) is 7.57. The van der Waals surface area contributed by atoms with Crippen LogP contribution in [0.3, 0.4) is 0 Å². The van der Waals surface area contributed by atoms with Gasteiger partial charge in [0.2, 0.25) is 0 Å². The molecule has 1 atom stereocenters. The molecule has 0 aliphatic heterocycles. The molecule has 0 heterocycles. The molecule has 5 heteroatoms. The van der Waals surface area contributed by atoms with Crippen molar-refractivity contribution in [1.29, 1.82) is 0 Å². The number of anilines is 1. The first-order valence-corrected chi connectivity index (χ1v) is 7.81. The quantitative estimate of drug-likeness (QED) is 0.853. The normalized spacial score (nSPS) is 12.1. The van der Waals surface area contributed by atoms with E-state index in [1.54, 1.807) is 6.92 Å². The van der Waals surface area contributed by atoms with Crippen LogP contribution in [0, 0.1) is 18.6 Å². The topological polar surface area (TPSA) is 38.3 Å². The maximum absolute atomic E-state index is 13.2. The van der Waals surface area contributed by atoms with Crippen LogP contribution in [0.5, 0.6) is 5.75 Å². The minimum absolute atomic E-state index is 0.102. The highest BCUT2D eigenvalue weighted by Gasteiger charge is 2.19. The molecule has 0 fully saturated rings. The van der Waals surface area contributed by atoms with Crippen LogP contribution in [0.2, 0.25) is 0 Å². The average molecular weight is 333 g/mol. The average Bonchev–Trinajstić information content (AvgIpc) is 2.52. The zero-order chi connectivity index (χ0) is 17.9. The van der Waals surface area contributed by atoms with E-state index in [1.807, 2.05) is 39.0 Å². The van der Waals surface area contributed by atoms with Gasteiger partial charge in [-0.05, 0) is 43.0 Å². The van der Waals surface area contributed by atoms with E-state index in [0.717, 1.165) is 28.9 Å². The smallest absolute Gasteiger partial charge is 0.265 e. The highest BCUT2D eigenvalue weighted by molar-refractivity contribution is 5.95. The molecule has 0 saturated carbocycles. The standard InChI is InChI=1S/C19H21F2NO2/c1-11(2)15-7-5-6-12(3)18(15)22-19(23)13(4)24-14-8-9-16(20)17(21)10-14/h5-11,13H,1-4H3,(H,22,23). The predicted octanol–water partition coefficient (Wildman–Crippen LogP) is 4.80. The van der Waals surface area contributed by atoms with E-state index in [0.29, 0.717) is 0 Å². The first-order chi connectivity index (χ1) is 11.3. The Morgan fingerprint density at radius 3 is 2.42 bits per heavy atom. The molecule has 0 aliphatic carbocycles. The molecular weight excluding hydrogens is 312 g/mol. The summed E-state index contributed by atoms with van der Waals surface area (Å²) in [4.78, 5) is 12.4. The van der Waals surface area contributed by atoms with Crippen molar-refractivity contribution in [3.8, 4) is 5.75 Å². The Bertz CT molecular complexity index is 744. The van der Waals surface area contributed by atoms with Gasteiger partial charge in [-0.15, -0.1) is 0 Å². The Hall–Kier alpha value is -2.43. The molecule has 2 aromatic rings. The first kappa shape index (κ1) is 17.9. The van der Waals surface area contributed by atoms with E-state index in [4.69, 9.17) is 4.74 Å². The number of hydrogen-bond acceptors (Lipinski definition) is 2. The summed E-state index contributed by atoms with van der Waals surface area (Å²) in [5, 5.41) is 2.87. The third-order valence-electron chi connectivity index (χ3n) is 3.75. The molecule has 1 unspecified atom stereocenters. The Balaban J connectivity index is 2.13. The van der Waals surface area contributed by atoms with E-state index >= 15 is 0 Å². The molecule has 0 aliphatic rings. The second-order valence-corrected chi connectivity index (χ2v) is 6.02. The number of rotatable bonds is 5. The number of ether oxygens (including phenoxy) is 1. The number of amides is 1. The van der Waals surface area contributed by atoms with Gasteiger partial charge >= 0.3 is 0 Å². The van der Waals surface area contributed by atoms with Crippen LogP contribution < -0.4 is 10.1 Å². The molecule has 2 rings (SSSR count). The van der Waals surface area contributed by atoms with E-state index in [2.05, 4.69) is 5.32 Å². The van der Waals surface area contributed by atoms with E-state index < -0.39 is 17.7 Å². The lowest BCUT2D eigenvalue weighted by atomic mass is 9.98. The van der Waals surface area contributed by atoms with Crippen LogP contribution in [0.25, 0.3) is 0 Å². The predicted molar refractivity (Wildman–Crippen MR) is 90.3 cm³/mol. The number of halogens is 2. The fourth-order valence-corrected chi connectivity index (χ4v) is 2.37. The minimum Gasteiger partial charge on any atom is -0.481 e. The molecule has 1 amide bonds. The number of para-hydroxylation sites is 1. The summed E-state index contributed by atoms with van der Waals surface area (Å²) in [6, 6.07) is 9.01. The van der Waals surface area contributed by atoms with E-state index in [9.17, 15) is 13.6 Å². The zero-order valence-electron chi connectivity index (χ0n) is 14.2. The molecule has 1 N–H and O–H groups in total. The van der Waals surface area contributed by atoms with Gasteiger partial charge < -0.3 is 10.1 Å². The molecule has 0 aromatic heterocycles. The molecule has 3 nitrogen and oxygen atoms in total. The number of benzene rings is 2. The number of hydrogen-bond donors (Lipinski definition) is 1. The van der Waals surface area contributed by atoms with Crippen LogP contribution in [-0.2, 0) is 4.79 Å². The second-order valence-electron chi connectivity index (χ2n) is 6.02. The minimum atomic E-state index is -1.01. The first-order valence-electron chi connectivity index (χ1n) is 7.81. The monoisotopic (exact) mass is 333 g/mol. The van der Waals surface area contributed by atoms with Gasteiger partial charge in [-0.2, -0.15) is 0 Å². The lowest BCUT2D eigenvalue weighted by Crippen LogP contribution is -2.31. The SMILES string of the molecule is Cc1cccc(C(C)C)c1NC(=O)C(C)Oc1ccc(F)c(F)c1. The summed E-state index contributed by atoms with van der Waals surface area (Å²) in [5.74, 6) is -1.97. The summed E-state index contributed by atoms with van der Waals surface area (Å²) < 4.78 is 31.6.